The summed E-state index contributed by atoms with van der Waals surface area (Å²) >= 11 is 0. The summed E-state index contributed by atoms with van der Waals surface area (Å²) in [7, 11) is 1.62. The number of amides is 2. The molecular formula is C14H20N4O2. The highest BCUT2D eigenvalue weighted by Crippen LogP contribution is 2.09. The van der Waals surface area contributed by atoms with Gasteiger partial charge in [-0.3, -0.25) is 14.6 Å². The van der Waals surface area contributed by atoms with Crippen molar-refractivity contribution >= 4 is 11.8 Å². The molecule has 0 atom stereocenters. The van der Waals surface area contributed by atoms with Crippen LogP contribution in [0.25, 0.3) is 0 Å². The van der Waals surface area contributed by atoms with Gasteiger partial charge in [0.25, 0.3) is 5.91 Å². The number of hydrogen-bond acceptors (Lipinski definition) is 4. The fourth-order valence-electron chi connectivity index (χ4n) is 2.21. The van der Waals surface area contributed by atoms with Gasteiger partial charge in [-0.2, -0.15) is 0 Å². The lowest BCUT2D eigenvalue weighted by molar-refractivity contribution is -0.130. The Balaban J connectivity index is 1.95. The standard InChI is InChI=1S/C14H20N4O2/c1-17(10-13(19)18-6-2-3-7-18)14(20)12-5-4-11(8-15)9-16-12/h4-5,9H,2-3,6-8,10,15H2,1H3. The van der Waals surface area contributed by atoms with E-state index in [1.165, 1.54) is 4.90 Å². The summed E-state index contributed by atoms with van der Waals surface area (Å²) in [6.07, 6.45) is 3.68. The highest BCUT2D eigenvalue weighted by atomic mass is 16.2. The summed E-state index contributed by atoms with van der Waals surface area (Å²) in [6.45, 7) is 2.08. The predicted molar refractivity (Wildman–Crippen MR) is 74.9 cm³/mol. The van der Waals surface area contributed by atoms with Crippen molar-refractivity contribution in [1.82, 2.24) is 14.8 Å². The van der Waals surface area contributed by atoms with Crippen molar-refractivity contribution < 1.29 is 9.59 Å². The Morgan fingerprint density at radius 1 is 1.35 bits per heavy atom. The third-order valence-corrected chi connectivity index (χ3v) is 3.46. The number of carbonyl (C=O) groups is 2. The molecule has 6 heteroatoms. The van der Waals surface area contributed by atoms with Crippen molar-refractivity contribution in [3.63, 3.8) is 0 Å². The number of carbonyl (C=O) groups excluding carboxylic acids is 2. The number of likely N-dealkylation sites (tertiary alicyclic amines) is 1. The topological polar surface area (TPSA) is 79.5 Å². The fourth-order valence-corrected chi connectivity index (χ4v) is 2.21. The molecule has 2 N–H and O–H groups in total. The third-order valence-electron chi connectivity index (χ3n) is 3.46. The first-order valence-corrected chi connectivity index (χ1v) is 6.80. The maximum absolute atomic E-state index is 12.2. The van der Waals surface area contributed by atoms with E-state index in [1.54, 1.807) is 30.3 Å². The molecule has 1 fully saturated rings. The number of rotatable bonds is 4. The van der Waals surface area contributed by atoms with E-state index in [0.717, 1.165) is 31.5 Å². The van der Waals surface area contributed by atoms with E-state index in [4.69, 9.17) is 5.73 Å². The smallest absolute Gasteiger partial charge is 0.272 e. The van der Waals surface area contributed by atoms with Crippen LogP contribution in [0.15, 0.2) is 18.3 Å². The minimum absolute atomic E-state index is 0.00284. The van der Waals surface area contributed by atoms with Crippen LogP contribution < -0.4 is 5.73 Å². The normalized spacial score (nSPS) is 14.4. The van der Waals surface area contributed by atoms with E-state index >= 15 is 0 Å². The zero-order valence-electron chi connectivity index (χ0n) is 11.7. The Morgan fingerprint density at radius 2 is 2.05 bits per heavy atom. The van der Waals surface area contributed by atoms with E-state index in [9.17, 15) is 9.59 Å². The molecule has 0 radical (unpaired) electrons. The predicted octanol–water partition coefficient (Wildman–Crippen LogP) is 0.235. The van der Waals surface area contributed by atoms with Gasteiger partial charge in [-0.1, -0.05) is 6.07 Å². The van der Waals surface area contributed by atoms with Crippen molar-refractivity contribution in [2.24, 2.45) is 5.73 Å². The lowest BCUT2D eigenvalue weighted by atomic mass is 10.2. The van der Waals surface area contributed by atoms with Crippen molar-refractivity contribution in [1.29, 1.82) is 0 Å². The Labute approximate surface area is 118 Å². The average molecular weight is 276 g/mol. The van der Waals surface area contributed by atoms with Gasteiger partial charge in [0.05, 0.1) is 6.54 Å². The number of hydrogen-bond donors (Lipinski definition) is 1. The zero-order chi connectivity index (χ0) is 14.5. The van der Waals surface area contributed by atoms with E-state index in [1.807, 2.05) is 0 Å². The summed E-state index contributed by atoms with van der Waals surface area (Å²) in [5.41, 5.74) is 6.69. The monoisotopic (exact) mass is 276 g/mol. The summed E-state index contributed by atoms with van der Waals surface area (Å²) in [5, 5.41) is 0. The molecule has 0 saturated carbocycles. The van der Waals surface area contributed by atoms with Gasteiger partial charge in [0, 0.05) is 32.9 Å². The van der Waals surface area contributed by atoms with E-state index in [0.29, 0.717) is 12.2 Å². The molecule has 20 heavy (non-hydrogen) atoms. The van der Waals surface area contributed by atoms with Gasteiger partial charge < -0.3 is 15.5 Å². The van der Waals surface area contributed by atoms with Gasteiger partial charge in [0.1, 0.15) is 5.69 Å². The Hall–Kier alpha value is -1.95. The molecule has 1 aromatic heterocycles. The number of nitrogens with zero attached hydrogens (tertiary/aromatic N) is 3. The van der Waals surface area contributed by atoms with E-state index in [2.05, 4.69) is 4.98 Å². The summed E-state index contributed by atoms with van der Waals surface area (Å²) < 4.78 is 0. The maximum atomic E-state index is 12.2. The minimum Gasteiger partial charge on any atom is -0.341 e. The molecule has 0 aliphatic carbocycles. The lowest BCUT2D eigenvalue weighted by Crippen LogP contribution is -2.40. The van der Waals surface area contributed by atoms with Crippen LogP contribution in [0.2, 0.25) is 0 Å². The molecule has 6 nitrogen and oxygen atoms in total. The molecule has 0 unspecified atom stereocenters. The largest absolute Gasteiger partial charge is 0.341 e. The molecule has 1 aromatic rings. The quantitative estimate of drug-likeness (QED) is 0.854. The number of aromatic nitrogens is 1. The Morgan fingerprint density at radius 3 is 2.60 bits per heavy atom. The molecular weight excluding hydrogens is 256 g/mol. The van der Waals surface area contributed by atoms with Crippen molar-refractivity contribution in [2.75, 3.05) is 26.7 Å². The van der Waals surface area contributed by atoms with Gasteiger partial charge >= 0.3 is 0 Å². The van der Waals surface area contributed by atoms with Crippen LogP contribution in [0.3, 0.4) is 0 Å². The number of nitrogens with two attached hydrogens (primary N) is 1. The summed E-state index contributed by atoms with van der Waals surface area (Å²) in [4.78, 5) is 31.4. The molecule has 108 valence electrons. The Kier molecular flexibility index (Phi) is 4.68. The second-order valence-corrected chi connectivity index (χ2v) is 5.00. The van der Waals surface area contributed by atoms with Crippen molar-refractivity contribution in [3.8, 4) is 0 Å². The highest BCUT2D eigenvalue weighted by Gasteiger charge is 2.22. The van der Waals surface area contributed by atoms with Gasteiger partial charge in [0.2, 0.25) is 5.91 Å². The van der Waals surface area contributed by atoms with Crippen molar-refractivity contribution in [3.05, 3.63) is 29.6 Å². The Bertz CT molecular complexity index is 480. The molecule has 2 heterocycles. The summed E-state index contributed by atoms with van der Waals surface area (Å²) in [5.74, 6) is -0.252. The zero-order valence-corrected chi connectivity index (χ0v) is 11.7. The molecule has 2 amide bonds. The maximum Gasteiger partial charge on any atom is 0.272 e. The first-order chi connectivity index (χ1) is 9.61. The molecule has 1 aliphatic rings. The molecule has 1 aliphatic heterocycles. The lowest BCUT2D eigenvalue weighted by Gasteiger charge is -2.21. The van der Waals surface area contributed by atoms with Crippen LogP contribution >= 0.6 is 0 Å². The van der Waals surface area contributed by atoms with E-state index < -0.39 is 0 Å². The van der Waals surface area contributed by atoms with Crippen LogP contribution in [-0.2, 0) is 11.3 Å². The fraction of sp³-hybridized carbons (Fsp3) is 0.500. The van der Waals surface area contributed by atoms with Gasteiger partial charge in [-0.15, -0.1) is 0 Å². The SMILES string of the molecule is CN(CC(=O)N1CCCC1)C(=O)c1ccc(CN)cn1. The second-order valence-electron chi connectivity index (χ2n) is 5.00. The number of likely N-dealkylation sites (N-methyl/N-ethyl adjacent to an activating group) is 1. The first kappa shape index (κ1) is 14.5. The second kappa shape index (κ2) is 6.47. The van der Waals surface area contributed by atoms with Crippen LogP contribution in [0.1, 0.15) is 28.9 Å². The van der Waals surface area contributed by atoms with Crippen LogP contribution in [0.5, 0.6) is 0 Å². The third kappa shape index (κ3) is 3.33. The van der Waals surface area contributed by atoms with Gasteiger partial charge in [-0.05, 0) is 24.5 Å². The molecule has 0 aromatic carbocycles. The van der Waals surface area contributed by atoms with Crippen LogP contribution in [-0.4, -0.2) is 53.3 Å². The molecule has 1 saturated heterocycles. The summed E-state index contributed by atoms with van der Waals surface area (Å²) in [6, 6.07) is 3.41. The van der Waals surface area contributed by atoms with Crippen LogP contribution in [0, 0.1) is 0 Å². The molecule has 0 spiro atoms. The van der Waals surface area contributed by atoms with Crippen LogP contribution in [0.4, 0.5) is 0 Å². The first-order valence-electron chi connectivity index (χ1n) is 6.80. The molecule has 0 bridgehead atoms. The molecule has 2 rings (SSSR count). The minimum atomic E-state index is -0.249. The average Bonchev–Trinajstić information content (AvgIpc) is 3.01. The van der Waals surface area contributed by atoms with Crippen molar-refractivity contribution in [2.45, 2.75) is 19.4 Å². The highest BCUT2D eigenvalue weighted by molar-refractivity contribution is 5.94. The van der Waals surface area contributed by atoms with Gasteiger partial charge in [0.15, 0.2) is 0 Å². The number of pyridine rings is 1. The van der Waals surface area contributed by atoms with E-state index in [-0.39, 0.29) is 18.4 Å². The van der Waals surface area contributed by atoms with Gasteiger partial charge in [-0.25, -0.2) is 0 Å².